The van der Waals surface area contributed by atoms with Gasteiger partial charge in [-0.05, 0) is 49.3 Å². The number of carbonyl (C=O) groups excluding carboxylic acids is 1. The molecule has 0 saturated carbocycles. The second-order valence-corrected chi connectivity index (χ2v) is 7.75. The van der Waals surface area contributed by atoms with Crippen molar-refractivity contribution in [3.63, 3.8) is 0 Å². The van der Waals surface area contributed by atoms with Crippen molar-refractivity contribution in [1.29, 1.82) is 0 Å². The van der Waals surface area contributed by atoms with Crippen LogP contribution in [-0.4, -0.2) is 31.9 Å². The number of amides is 1. The Kier molecular flexibility index (Phi) is 4.28. The molecule has 7 heteroatoms. The predicted octanol–water partition coefficient (Wildman–Crippen LogP) is 4.08. The number of fused-ring (bicyclic) bond motifs is 1. The van der Waals surface area contributed by atoms with E-state index < -0.39 is 0 Å². The molecule has 2 aromatic heterocycles. The van der Waals surface area contributed by atoms with E-state index in [4.69, 9.17) is 4.98 Å². The molecule has 124 valence electrons. The highest BCUT2D eigenvalue weighted by atomic mass is 32.1. The van der Waals surface area contributed by atoms with Crippen LogP contribution in [0.2, 0.25) is 0 Å². The number of nitrogens with zero attached hydrogens (tertiary/aromatic N) is 4. The maximum absolute atomic E-state index is 13.1. The molecule has 0 spiro atoms. The SMILES string of the molecule is CCc1nnsc1C(=O)N1CCCC[C@H]1c1nc2ccccc2s1. The van der Waals surface area contributed by atoms with Crippen molar-refractivity contribution < 1.29 is 4.79 Å². The average Bonchev–Trinajstić information content (AvgIpc) is 3.27. The number of rotatable bonds is 3. The van der Waals surface area contributed by atoms with Crippen LogP contribution in [0.15, 0.2) is 24.3 Å². The molecule has 0 unspecified atom stereocenters. The van der Waals surface area contributed by atoms with Crippen LogP contribution in [0.5, 0.6) is 0 Å². The number of likely N-dealkylation sites (tertiary alicyclic amines) is 1. The third-order valence-electron chi connectivity index (χ3n) is 4.44. The molecule has 1 aliphatic rings. The standard InChI is InChI=1S/C17H18N4OS2/c1-2-11-15(24-20-19-11)17(22)21-10-6-5-8-13(21)16-18-12-7-3-4-9-14(12)23-16/h3-4,7,9,13H,2,5-6,8,10H2,1H3/t13-/m0/s1. The molecule has 0 radical (unpaired) electrons. The molecule has 0 N–H and O–H groups in total. The zero-order chi connectivity index (χ0) is 16.5. The fraction of sp³-hybridized carbons (Fsp3) is 0.412. The van der Waals surface area contributed by atoms with Crippen molar-refractivity contribution in [2.75, 3.05) is 6.54 Å². The largest absolute Gasteiger partial charge is 0.328 e. The van der Waals surface area contributed by atoms with Crippen LogP contribution in [-0.2, 0) is 6.42 Å². The van der Waals surface area contributed by atoms with Gasteiger partial charge >= 0.3 is 0 Å². The Hall–Kier alpha value is -1.86. The van der Waals surface area contributed by atoms with Crippen molar-refractivity contribution in [3.05, 3.63) is 39.8 Å². The molecule has 3 aromatic rings. The van der Waals surface area contributed by atoms with Crippen LogP contribution in [0, 0.1) is 0 Å². The van der Waals surface area contributed by atoms with E-state index in [9.17, 15) is 4.79 Å². The molecule has 4 rings (SSSR count). The van der Waals surface area contributed by atoms with E-state index in [0.717, 1.165) is 48.4 Å². The van der Waals surface area contributed by atoms with Gasteiger partial charge < -0.3 is 4.90 Å². The molecule has 1 amide bonds. The Balaban J connectivity index is 1.69. The van der Waals surface area contributed by atoms with Crippen LogP contribution in [0.1, 0.15) is 52.6 Å². The molecule has 1 saturated heterocycles. The summed E-state index contributed by atoms with van der Waals surface area (Å²) >= 11 is 2.91. The predicted molar refractivity (Wildman–Crippen MR) is 96.5 cm³/mol. The quantitative estimate of drug-likeness (QED) is 0.708. The number of hydrogen-bond donors (Lipinski definition) is 0. The first kappa shape index (κ1) is 15.7. The summed E-state index contributed by atoms with van der Waals surface area (Å²) in [5, 5.41) is 5.13. The monoisotopic (exact) mass is 358 g/mol. The van der Waals surface area contributed by atoms with Gasteiger partial charge in [0.05, 0.1) is 22.0 Å². The van der Waals surface area contributed by atoms with Gasteiger partial charge in [0, 0.05) is 6.54 Å². The molecule has 1 aliphatic heterocycles. The lowest BCUT2D eigenvalue weighted by Gasteiger charge is -2.34. The lowest BCUT2D eigenvalue weighted by atomic mass is 10.0. The van der Waals surface area contributed by atoms with Crippen molar-refractivity contribution in [2.24, 2.45) is 0 Å². The summed E-state index contributed by atoms with van der Waals surface area (Å²) in [6.45, 7) is 2.79. The van der Waals surface area contributed by atoms with E-state index in [2.05, 4.69) is 15.7 Å². The third-order valence-corrected chi connectivity index (χ3v) is 6.34. The number of aryl methyl sites for hydroxylation is 1. The van der Waals surface area contributed by atoms with Crippen LogP contribution in [0.4, 0.5) is 0 Å². The van der Waals surface area contributed by atoms with E-state index in [1.54, 1.807) is 11.3 Å². The summed E-state index contributed by atoms with van der Waals surface area (Å²) in [6, 6.07) is 8.23. The Morgan fingerprint density at radius 1 is 1.33 bits per heavy atom. The van der Waals surface area contributed by atoms with Crippen LogP contribution < -0.4 is 0 Å². The lowest BCUT2D eigenvalue weighted by Crippen LogP contribution is -2.38. The molecule has 0 bridgehead atoms. The normalized spacial score (nSPS) is 18.2. The van der Waals surface area contributed by atoms with Crippen molar-refractivity contribution in [3.8, 4) is 0 Å². The average molecular weight is 358 g/mol. The van der Waals surface area contributed by atoms with Gasteiger partial charge in [0.15, 0.2) is 0 Å². The third kappa shape index (κ3) is 2.71. The topological polar surface area (TPSA) is 59.0 Å². The maximum atomic E-state index is 13.1. The van der Waals surface area contributed by atoms with Crippen molar-refractivity contribution in [1.82, 2.24) is 19.5 Å². The smallest absolute Gasteiger partial charge is 0.268 e. The number of carbonyl (C=O) groups is 1. The molecule has 0 aliphatic carbocycles. The minimum absolute atomic E-state index is 0.0609. The summed E-state index contributed by atoms with van der Waals surface area (Å²) in [5.41, 5.74) is 1.82. The fourth-order valence-electron chi connectivity index (χ4n) is 3.20. The highest BCUT2D eigenvalue weighted by Crippen LogP contribution is 2.36. The van der Waals surface area contributed by atoms with Gasteiger partial charge in [-0.1, -0.05) is 23.5 Å². The zero-order valence-electron chi connectivity index (χ0n) is 13.4. The van der Waals surface area contributed by atoms with E-state index in [1.807, 2.05) is 30.0 Å². The highest BCUT2D eigenvalue weighted by Gasteiger charge is 2.32. The van der Waals surface area contributed by atoms with Gasteiger partial charge in [0.1, 0.15) is 9.88 Å². The summed E-state index contributed by atoms with van der Waals surface area (Å²) in [5.74, 6) is 0.0609. The minimum atomic E-state index is 0.0609. The summed E-state index contributed by atoms with van der Waals surface area (Å²) in [6.07, 6.45) is 3.88. The molecule has 5 nitrogen and oxygen atoms in total. The zero-order valence-corrected chi connectivity index (χ0v) is 15.1. The number of piperidine rings is 1. The summed E-state index contributed by atoms with van der Waals surface area (Å²) in [7, 11) is 0. The Bertz CT molecular complexity index is 839. The number of para-hydroxylation sites is 1. The van der Waals surface area contributed by atoms with E-state index in [-0.39, 0.29) is 11.9 Å². The van der Waals surface area contributed by atoms with Crippen LogP contribution in [0.25, 0.3) is 10.2 Å². The molecule has 24 heavy (non-hydrogen) atoms. The van der Waals surface area contributed by atoms with Gasteiger partial charge in [0.25, 0.3) is 5.91 Å². The van der Waals surface area contributed by atoms with Crippen molar-refractivity contribution >= 4 is 39.0 Å². The fourth-order valence-corrected chi connectivity index (χ4v) is 5.02. The Morgan fingerprint density at radius 3 is 3.04 bits per heavy atom. The molecule has 1 fully saturated rings. The van der Waals surface area contributed by atoms with Gasteiger partial charge in [-0.3, -0.25) is 4.79 Å². The van der Waals surface area contributed by atoms with Gasteiger partial charge in [0.2, 0.25) is 0 Å². The lowest BCUT2D eigenvalue weighted by molar-refractivity contribution is 0.0615. The molecule has 3 heterocycles. The highest BCUT2D eigenvalue weighted by molar-refractivity contribution is 7.18. The van der Waals surface area contributed by atoms with Gasteiger partial charge in [-0.2, -0.15) is 0 Å². The first-order valence-electron chi connectivity index (χ1n) is 8.25. The first-order chi connectivity index (χ1) is 11.8. The van der Waals surface area contributed by atoms with Crippen LogP contribution >= 0.6 is 22.9 Å². The number of thiazole rings is 1. The van der Waals surface area contributed by atoms with Crippen LogP contribution in [0.3, 0.4) is 0 Å². The summed E-state index contributed by atoms with van der Waals surface area (Å²) < 4.78 is 5.15. The summed E-state index contributed by atoms with van der Waals surface area (Å²) in [4.78, 5) is 20.5. The van der Waals surface area contributed by atoms with E-state index in [1.165, 1.54) is 16.2 Å². The number of benzene rings is 1. The molecular formula is C17H18N4OS2. The van der Waals surface area contributed by atoms with E-state index in [0.29, 0.717) is 4.88 Å². The number of hydrogen-bond acceptors (Lipinski definition) is 6. The molecular weight excluding hydrogens is 340 g/mol. The van der Waals surface area contributed by atoms with Gasteiger partial charge in [-0.15, -0.1) is 16.4 Å². The minimum Gasteiger partial charge on any atom is -0.328 e. The Labute approximate surface area is 148 Å². The first-order valence-corrected chi connectivity index (χ1v) is 9.84. The second-order valence-electron chi connectivity index (χ2n) is 5.93. The Morgan fingerprint density at radius 2 is 2.21 bits per heavy atom. The molecule has 1 atom stereocenters. The van der Waals surface area contributed by atoms with Gasteiger partial charge in [-0.25, -0.2) is 4.98 Å². The van der Waals surface area contributed by atoms with Crippen molar-refractivity contribution in [2.45, 2.75) is 38.6 Å². The number of aromatic nitrogens is 3. The van der Waals surface area contributed by atoms with E-state index >= 15 is 0 Å². The second kappa shape index (κ2) is 6.57. The molecule has 1 aromatic carbocycles. The maximum Gasteiger partial charge on any atom is 0.268 e.